The number of Topliss-reactive ketones (excluding diaryl/α,β-unsaturated/α-hetero) is 4. The molecular weight excluding hydrogens is 376 g/mol. The Kier molecular flexibility index (Phi) is 10.3. The zero-order valence-electron chi connectivity index (χ0n) is 21.3. The molecular formula is C26H46O4. The van der Waals surface area contributed by atoms with Crippen LogP contribution in [0.5, 0.6) is 0 Å². The van der Waals surface area contributed by atoms with Crippen molar-refractivity contribution >= 4 is 23.1 Å². The second kappa shape index (κ2) is 10.8. The molecule has 174 valence electrons. The summed E-state index contributed by atoms with van der Waals surface area (Å²) in [4.78, 5) is 51.6. The monoisotopic (exact) mass is 422 g/mol. The quantitative estimate of drug-likeness (QED) is 0.301. The molecule has 0 aromatic heterocycles. The van der Waals surface area contributed by atoms with E-state index in [4.69, 9.17) is 0 Å². The lowest BCUT2D eigenvalue weighted by Gasteiger charge is -2.44. The molecule has 0 aliphatic carbocycles. The van der Waals surface area contributed by atoms with E-state index in [1.54, 1.807) is 0 Å². The molecule has 0 aliphatic heterocycles. The molecule has 0 fully saturated rings. The average molecular weight is 423 g/mol. The first-order valence-corrected chi connectivity index (χ1v) is 11.7. The van der Waals surface area contributed by atoms with Gasteiger partial charge in [-0.3, -0.25) is 19.2 Å². The van der Waals surface area contributed by atoms with Crippen molar-refractivity contribution in [3.8, 4) is 0 Å². The summed E-state index contributed by atoms with van der Waals surface area (Å²) in [5, 5.41) is 0. The summed E-state index contributed by atoms with van der Waals surface area (Å²) in [6.45, 7) is 19.0. The lowest BCUT2D eigenvalue weighted by molar-refractivity contribution is -0.141. The van der Waals surface area contributed by atoms with Gasteiger partial charge in [0, 0.05) is 47.3 Å². The molecule has 0 amide bonds. The van der Waals surface area contributed by atoms with Gasteiger partial charge in [-0.1, -0.05) is 69.2 Å². The molecule has 0 saturated carbocycles. The smallest absolute Gasteiger partial charge is 0.138 e. The molecule has 0 aromatic rings. The van der Waals surface area contributed by atoms with Crippen LogP contribution in [-0.2, 0) is 19.2 Å². The summed E-state index contributed by atoms with van der Waals surface area (Å²) < 4.78 is 0. The van der Waals surface area contributed by atoms with Crippen molar-refractivity contribution in [3.05, 3.63) is 0 Å². The molecule has 30 heavy (non-hydrogen) atoms. The summed E-state index contributed by atoms with van der Waals surface area (Å²) >= 11 is 0. The first kappa shape index (κ1) is 28.7. The van der Waals surface area contributed by atoms with Gasteiger partial charge >= 0.3 is 0 Å². The van der Waals surface area contributed by atoms with E-state index >= 15 is 0 Å². The van der Waals surface area contributed by atoms with E-state index in [0.29, 0.717) is 51.4 Å². The van der Waals surface area contributed by atoms with Crippen LogP contribution in [0.1, 0.15) is 121 Å². The maximum absolute atomic E-state index is 13.2. The number of rotatable bonds is 15. The van der Waals surface area contributed by atoms with E-state index in [2.05, 4.69) is 0 Å². The van der Waals surface area contributed by atoms with Crippen LogP contribution >= 0.6 is 0 Å². The van der Waals surface area contributed by atoms with Crippen LogP contribution in [0, 0.1) is 21.7 Å². The van der Waals surface area contributed by atoms with Crippen molar-refractivity contribution in [2.45, 2.75) is 121 Å². The summed E-state index contributed by atoms with van der Waals surface area (Å²) in [5.41, 5.74) is -2.83. The minimum atomic E-state index is -0.799. The molecule has 4 heteroatoms. The van der Waals surface area contributed by atoms with Crippen LogP contribution in [0.15, 0.2) is 0 Å². The largest absolute Gasteiger partial charge is 0.299 e. The highest BCUT2D eigenvalue weighted by Crippen LogP contribution is 2.50. The van der Waals surface area contributed by atoms with Crippen LogP contribution < -0.4 is 0 Å². The Morgan fingerprint density at radius 3 is 1.10 bits per heavy atom. The predicted molar refractivity (Wildman–Crippen MR) is 123 cm³/mol. The standard InChI is InChI=1S/C26H46O4/c1-11-19(27)23(6,7)16-25(9,21(29)13-3)18-26(10,22(30)14-4)17-24(8,15-5)20(28)12-2/h11-18H2,1-10H3. The first-order valence-electron chi connectivity index (χ1n) is 11.7. The van der Waals surface area contributed by atoms with E-state index in [0.717, 1.165) is 0 Å². The third-order valence-electron chi connectivity index (χ3n) is 7.23. The van der Waals surface area contributed by atoms with Gasteiger partial charge in [0.2, 0.25) is 0 Å². The van der Waals surface area contributed by atoms with Gasteiger partial charge in [0.05, 0.1) is 0 Å². The molecule has 3 atom stereocenters. The summed E-state index contributed by atoms with van der Waals surface area (Å²) in [5.74, 6) is 0.446. The lowest BCUT2D eigenvalue weighted by Crippen LogP contribution is -2.45. The molecule has 0 rings (SSSR count). The highest BCUT2D eigenvalue weighted by Gasteiger charge is 2.49. The zero-order valence-corrected chi connectivity index (χ0v) is 21.3. The van der Waals surface area contributed by atoms with Crippen LogP contribution in [-0.4, -0.2) is 23.1 Å². The number of carbonyl (C=O) groups is 4. The Morgan fingerprint density at radius 1 is 0.467 bits per heavy atom. The summed E-state index contributed by atoms with van der Waals surface area (Å²) in [7, 11) is 0. The van der Waals surface area contributed by atoms with Crippen LogP contribution in [0.2, 0.25) is 0 Å². The number of carbonyl (C=O) groups excluding carboxylic acids is 4. The van der Waals surface area contributed by atoms with Crippen molar-refractivity contribution in [1.82, 2.24) is 0 Å². The Labute approximate surface area is 185 Å². The fourth-order valence-corrected chi connectivity index (χ4v) is 5.50. The molecule has 3 unspecified atom stereocenters. The van der Waals surface area contributed by atoms with Gasteiger partial charge in [-0.05, 0) is 25.7 Å². The third-order valence-corrected chi connectivity index (χ3v) is 7.23. The topological polar surface area (TPSA) is 68.3 Å². The highest BCUT2D eigenvalue weighted by atomic mass is 16.1. The minimum absolute atomic E-state index is 0.0784. The predicted octanol–water partition coefficient (Wildman–Crippen LogP) is 6.53. The van der Waals surface area contributed by atoms with Gasteiger partial charge in [0.25, 0.3) is 0 Å². The van der Waals surface area contributed by atoms with Crippen LogP contribution in [0.3, 0.4) is 0 Å². The van der Waals surface area contributed by atoms with Gasteiger partial charge in [-0.25, -0.2) is 0 Å². The minimum Gasteiger partial charge on any atom is -0.299 e. The van der Waals surface area contributed by atoms with Gasteiger partial charge in [0.15, 0.2) is 0 Å². The Balaban J connectivity index is 6.34. The second-order valence-electron chi connectivity index (χ2n) is 10.6. The van der Waals surface area contributed by atoms with E-state index in [-0.39, 0.29) is 23.1 Å². The average Bonchev–Trinajstić information content (AvgIpc) is 2.69. The fraction of sp³-hybridized carbons (Fsp3) is 0.846. The molecule has 0 bridgehead atoms. The van der Waals surface area contributed by atoms with E-state index in [1.165, 1.54) is 0 Å². The SMILES string of the molecule is CCC(=O)C(C)(C)CC(C)(CC(C)(CC(C)(CC)C(=O)CC)C(=O)CC)C(=O)CC. The maximum Gasteiger partial charge on any atom is 0.138 e. The maximum atomic E-state index is 13.2. The van der Waals surface area contributed by atoms with Crippen molar-refractivity contribution in [2.75, 3.05) is 0 Å². The third kappa shape index (κ3) is 6.59. The fourth-order valence-electron chi connectivity index (χ4n) is 5.50. The molecule has 4 nitrogen and oxygen atoms in total. The Bertz CT molecular complexity index is 647. The van der Waals surface area contributed by atoms with Crippen molar-refractivity contribution in [3.63, 3.8) is 0 Å². The Hall–Kier alpha value is -1.32. The van der Waals surface area contributed by atoms with E-state index < -0.39 is 21.7 Å². The van der Waals surface area contributed by atoms with E-state index in [1.807, 2.05) is 69.2 Å². The lowest BCUT2D eigenvalue weighted by atomic mass is 9.57. The van der Waals surface area contributed by atoms with Gasteiger partial charge < -0.3 is 0 Å². The van der Waals surface area contributed by atoms with Crippen LogP contribution in [0.4, 0.5) is 0 Å². The van der Waals surface area contributed by atoms with Crippen molar-refractivity contribution in [2.24, 2.45) is 21.7 Å². The molecule has 0 radical (unpaired) electrons. The summed E-state index contributed by atoms with van der Waals surface area (Å²) in [6, 6.07) is 0. The van der Waals surface area contributed by atoms with Crippen molar-refractivity contribution in [1.29, 1.82) is 0 Å². The van der Waals surface area contributed by atoms with Gasteiger partial charge in [-0.15, -0.1) is 0 Å². The molecule has 0 aliphatic rings. The van der Waals surface area contributed by atoms with Gasteiger partial charge in [-0.2, -0.15) is 0 Å². The first-order chi connectivity index (χ1) is 13.6. The molecule has 0 N–H and O–H groups in total. The second-order valence-corrected chi connectivity index (χ2v) is 10.6. The number of ketones is 4. The van der Waals surface area contributed by atoms with Crippen molar-refractivity contribution < 1.29 is 19.2 Å². The normalized spacial score (nSPS) is 18.1. The van der Waals surface area contributed by atoms with E-state index in [9.17, 15) is 19.2 Å². The highest BCUT2D eigenvalue weighted by molar-refractivity contribution is 5.91. The van der Waals surface area contributed by atoms with Crippen LogP contribution in [0.25, 0.3) is 0 Å². The molecule has 0 saturated heterocycles. The molecule has 0 aromatic carbocycles. The molecule has 0 spiro atoms. The summed E-state index contributed by atoms with van der Waals surface area (Å²) in [6.07, 6.45) is 3.46. The Morgan fingerprint density at radius 2 is 0.767 bits per heavy atom. The number of hydrogen-bond donors (Lipinski definition) is 0. The van der Waals surface area contributed by atoms with Gasteiger partial charge in [0.1, 0.15) is 23.1 Å². The number of hydrogen-bond acceptors (Lipinski definition) is 4. The molecule has 0 heterocycles. The zero-order chi connectivity index (χ0) is 24.0.